The van der Waals surface area contributed by atoms with Gasteiger partial charge in [0.25, 0.3) is 5.91 Å². The molecule has 0 radical (unpaired) electrons. The zero-order valence-corrected chi connectivity index (χ0v) is 18.7. The fraction of sp³-hybridized carbons (Fsp3) is 0.550. The van der Waals surface area contributed by atoms with Crippen LogP contribution in [0.25, 0.3) is 0 Å². The van der Waals surface area contributed by atoms with E-state index in [4.69, 9.17) is 9.47 Å². The first-order valence-corrected chi connectivity index (χ1v) is 12.0. The van der Waals surface area contributed by atoms with Crippen LogP contribution in [0.15, 0.2) is 23.1 Å². The van der Waals surface area contributed by atoms with Crippen molar-refractivity contribution in [2.75, 3.05) is 26.3 Å². The molecule has 0 aliphatic carbocycles. The van der Waals surface area contributed by atoms with Gasteiger partial charge >= 0.3 is 6.03 Å². The maximum Gasteiger partial charge on any atom is 0.344 e. The van der Waals surface area contributed by atoms with Crippen molar-refractivity contribution in [3.05, 3.63) is 18.2 Å². The Kier molecular flexibility index (Phi) is 5.76. The van der Waals surface area contributed by atoms with Gasteiger partial charge in [0.2, 0.25) is 15.9 Å². The van der Waals surface area contributed by atoms with Gasteiger partial charge in [-0.25, -0.2) is 13.2 Å². The Hall–Kier alpha value is -2.86. The van der Waals surface area contributed by atoms with E-state index in [1.807, 2.05) is 0 Å². The Morgan fingerprint density at radius 1 is 1.19 bits per heavy atom. The molecule has 0 spiro atoms. The Bertz CT molecular complexity index is 1050. The highest BCUT2D eigenvalue weighted by Gasteiger charge is 2.48. The number of amides is 4. The number of piperidine rings is 1. The maximum absolute atomic E-state index is 13.0. The van der Waals surface area contributed by atoms with Gasteiger partial charge in [-0.3, -0.25) is 15.0 Å². The molecule has 0 aromatic heterocycles. The SMILES string of the molecule is CC[C@@]1(C)NC(=O)N(NC(=O)C2CCN(S(=O)(=O)c3ccc4c(c3)OCCO4)CC2)C1=O. The van der Waals surface area contributed by atoms with Crippen molar-refractivity contribution in [2.24, 2.45) is 5.92 Å². The second-order valence-corrected chi connectivity index (χ2v) is 10.2. The quantitative estimate of drug-likeness (QED) is 0.607. The first-order valence-electron chi connectivity index (χ1n) is 10.5. The molecule has 2 saturated heterocycles. The van der Waals surface area contributed by atoms with E-state index in [2.05, 4.69) is 10.7 Å². The van der Waals surface area contributed by atoms with E-state index in [0.717, 1.165) is 0 Å². The van der Waals surface area contributed by atoms with Gasteiger partial charge in [0.1, 0.15) is 18.8 Å². The van der Waals surface area contributed by atoms with E-state index < -0.39 is 39.3 Å². The summed E-state index contributed by atoms with van der Waals surface area (Å²) >= 11 is 0. The van der Waals surface area contributed by atoms with E-state index in [0.29, 0.717) is 36.1 Å². The van der Waals surface area contributed by atoms with Crippen molar-refractivity contribution in [3.63, 3.8) is 0 Å². The Labute approximate surface area is 186 Å². The third-order valence-corrected chi connectivity index (χ3v) is 8.06. The molecule has 3 aliphatic heterocycles. The van der Waals surface area contributed by atoms with Crippen molar-refractivity contribution in [1.29, 1.82) is 0 Å². The number of hydrogen-bond donors (Lipinski definition) is 2. The number of benzene rings is 1. The second kappa shape index (κ2) is 8.24. The van der Waals surface area contributed by atoms with E-state index in [1.165, 1.54) is 16.4 Å². The van der Waals surface area contributed by atoms with Gasteiger partial charge in [0.15, 0.2) is 11.5 Å². The molecule has 1 aromatic rings. The van der Waals surface area contributed by atoms with Crippen LogP contribution >= 0.6 is 0 Å². The summed E-state index contributed by atoms with van der Waals surface area (Å²) in [6, 6.07) is 3.82. The number of sulfonamides is 1. The van der Waals surface area contributed by atoms with Crippen LogP contribution in [-0.2, 0) is 19.6 Å². The van der Waals surface area contributed by atoms with Crippen LogP contribution in [0.2, 0.25) is 0 Å². The molecule has 0 saturated carbocycles. The van der Waals surface area contributed by atoms with Gasteiger partial charge in [-0.2, -0.15) is 9.31 Å². The van der Waals surface area contributed by atoms with Crippen LogP contribution in [0, 0.1) is 5.92 Å². The molecule has 2 N–H and O–H groups in total. The fourth-order valence-corrected chi connectivity index (χ4v) is 5.40. The largest absolute Gasteiger partial charge is 0.486 e. The molecule has 1 aromatic carbocycles. The maximum atomic E-state index is 13.0. The molecular formula is C20H26N4O7S. The number of carbonyl (C=O) groups excluding carboxylic acids is 3. The van der Waals surface area contributed by atoms with E-state index in [1.54, 1.807) is 19.9 Å². The lowest BCUT2D eigenvalue weighted by atomic mass is 9.97. The van der Waals surface area contributed by atoms with Crippen LogP contribution in [0.4, 0.5) is 4.79 Å². The summed E-state index contributed by atoms with van der Waals surface area (Å²) < 4.78 is 38.3. The lowest BCUT2D eigenvalue weighted by molar-refractivity contribution is -0.140. The normalized spacial score (nSPS) is 24.4. The highest BCUT2D eigenvalue weighted by molar-refractivity contribution is 7.89. The molecule has 11 nitrogen and oxygen atoms in total. The average Bonchev–Trinajstić information content (AvgIpc) is 3.02. The minimum atomic E-state index is -3.77. The van der Waals surface area contributed by atoms with Crippen molar-refractivity contribution in [3.8, 4) is 11.5 Å². The minimum absolute atomic E-state index is 0.0998. The summed E-state index contributed by atoms with van der Waals surface area (Å²) in [5.41, 5.74) is 1.34. The number of hydrazine groups is 1. The average molecular weight is 467 g/mol. The molecule has 3 heterocycles. The summed E-state index contributed by atoms with van der Waals surface area (Å²) in [6.45, 7) is 4.41. The van der Waals surface area contributed by atoms with Crippen molar-refractivity contribution in [2.45, 2.75) is 43.5 Å². The summed E-state index contributed by atoms with van der Waals surface area (Å²) in [7, 11) is -3.77. The molecule has 1 atom stereocenters. The highest BCUT2D eigenvalue weighted by atomic mass is 32.2. The Morgan fingerprint density at radius 2 is 1.84 bits per heavy atom. The molecule has 0 bridgehead atoms. The Morgan fingerprint density at radius 3 is 2.47 bits per heavy atom. The molecule has 174 valence electrons. The topological polar surface area (TPSA) is 134 Å². The summed E-state index contributed by atoms with van der Waals surface area (Å²) in [6.07, 6.45) is 0.925. The number of hydrogen-bond acceptors (Lipinski definition) is 7. The van der Waals surface area contributed by atoms with Gasteiger partial charge in [0, 0.05) is 25.1 Å². The number of imide groups is 1. The third-order valence-electron chi connectivity index (χ3n) is 6.17. The first-order chi connectivity index (χ1) is 15.2. The van der Waals surface area contributed by atoms with Crippen molar-refractivity contribution < 1.29 is 32.3 Å². The number of nitrogens with zero attached hydrogens (tertiary/aromatic N) is 2. The number of ether oxygens (including phenoxy) is 2. The van der Waals surface area contributed by atoms with Crippen molar-refractivity contribution >= 4 is 27.9 Å². The molecule has 12 heteroatoms. The van der Waals surface area contributed by atoms with Gasteiger partial charge in [0.05, 0.1) is 4.90 Å². The summed E-state index contributed by atoms with van der Waals surface area (Å²) in [5, 5.41) is 3.28. The van der Waals surface area contributed by atoms with E-state index in [-0.39, 0.29) is 30.8 Å². The zero-order chi connectivity index (χ0) is 23.1. The number of fused-ring (bicyclic) bond motifs is 1. The van der Waals surface area contributed by atoms with Crippen molar-refractivity contribution in [1.82, 2.24) is 20.1 Å². The smallest absolute Gasteiger partial charge is 0.344 e. The predicted molar refractivity (Wildman–Crippen MR) is 111 cm³/mol. The molecule has 2 fully saturated rings. The number of carbonyl (C=O) groups is 3. The molecule has 4 amide bonds. The number of urea groups is 1. The molecule has 0 unspecified atom stereocenters. The molecule has 32 heavy (non-hydrogen) atoms. The molecule has 4 rings (SSSR count). The van der Waals surface area contributed by atoms with E-state index in [9.17, 15) is 22.8 Å². The standard InChI is InChI=1S/C20H26N4O7S/c1-3-20(2)18(26)24(19(27)21-20)22-17(25)13-6-8-23(9-7-13)32(28,29)14-4-5-15-16(12-14)31-11-10-30-15/h4-5,12-13H,3,6-11H2,1-2H3,(H,21,27)(H,22,25)/t20-/m1/s1. The lowest BCUT2D eigenvalue weighted by Gasteiger charge is -2.31. The predicted octanol–water partition coefficient (Wildman–Crippen LogP) is 0.610. The first kappa shape index (κ1) is 22.3. The lowest BCUT2D eigenvalue weighted by Crippen LogP contribution is -2.51. The highest BCUT2D eigenvalue weighted by Crippen LogP contribution is 2.34. The van der Waals surface area contributed by atoms with E-state index >= 15 is 0 Å². The van der Waals surface area contributed by atoms with Crippen LogP contribution in [-0.4, -0.2) is 67.4 Å². The van der Waals surface area contributed by atoms with Gasteiger partial charge < -0.3 is 14.8 Å². The summed E-state index contributed by atoms with van der Waals surface area (Å²) in [5.74, 6) is -0.623. The van der Waals surface area contributed by atoms with Crippen LogP contribution in [0.1, 0.15) is 33.1 Å². The molecular weight excluding hydrogens is 440 g/mol. The van der Waals surface area contributed by atoms with Gasteiger partial charge in [-0.1, -0.05) is 6.92 Å². The Balaban J connectivity index is 1.38. The van der Waals surface area contributed by atoms with Crippen LogP contribution in [0.5, 0.6) is 11.5 Å². The second-order valence-electron chi connectivity index (χ2n) is 8.22. The minimum Gasteiger partial charge on any atom is -0.486 e. The third kappa shape index (κ3) is 3.88. The van der Waals surface area contributed by atoms with Crippen LogP contribution < -0.4 is 20.2 Å². The fourth-order valence-electron chi connectivity index (χ4n) is 3.92. The van der Waals surface area contributed by atoms with Gasteiger partial charge in [-0.15, -0.1) is 0 Å². The number of nitrogens with one attached hydrogen (secondary N) is 2. The van der Waals surface area contributed by atoms with Crippen LogP contribution in [0.3, 0.4) is 0 Å². The summed E-state index contributed by atoms with van der Waals surface area (Å²) in [4.78, 5) is 37.3. The number of rotatable bonds is 5. The molecule has 3 aliphatic rings. The monoisotopic (exact) mass is 466 g/mol. The van der Waals surface area contributed by atoms with Gasteiger partial charge in [-0.05, 0) is 38.3 Å². The zero-order valence-electron chi connectivity index (χ0n) is 17.9.